The largest absolute Gasteiger partial charge is 0.465 e. The molecule has 0 bridgehead atoms. The molecule has 0 unspecified atom stereocenters. The van der Waals surface area contributed by atoms with E-state index in [0.717, 1.165) is 11.3 Å². The predicted octanol–water partition coefficient (Wildman–Crippen LogP) is 3.11. The van der Waals surface area contributed by atoms with Gasteiger partial charge in [0.15, 0.2) is 0 Å². The lowest BCUT2D eigenvalue weighted by Gasteiger charge is -2.11. The minimum Gasteiger partial charge on any atom is -0.465 e. The van der Waals surface area contributed by atoms with Gasteiger partial charge in [0.2, 0.25) is 0 Å². The summed E-state index contributed by atoms with van der Waals surface area (Å²) in [4.78, 5) is 24.4. The van der Waals surface area contributed by atoms with Crippen molar-refractivity contribution in [1.29, 1.82) is 0 Å². The number of carbonyl (C=O) groups is 2. The lowest BCUT2D eigenvalue weighted by molar-refractivity contribution is 0.0606. The summed E-state index contributed by atoms with van der Waals surface area (Å²) in [5.74, 6) is -1.63. The van der Waals surface area contributed by atoms with Crippen LogP contribution in [0, 0.1) is 5.82 Å². The number of esters is 1. The maximum absolute atomic E-state index is 14.2. The summed E-state index contributed by atoms with van der Waals surface area (Å²) in [5, 5.41) is 6.58. The van der Waals surface area contributed by atoms with Gasteiger partial charge in [0.1, 0.15) is 16.4 Å². The number of aromatic nitrogens is 2. The van der Waals surface area contributed by atoms with E-state index >= 15 is 0 Å². The number of nitrogens with one attached hydrogen (secondary N) is 1. The molecular weight excluding hydrogens is 333 g/mol. The average molecular weight is 345 g/mol. The standard InChI is InChI=1S/C16H12FN3O3S/c1-23-16(22)13-7-6-12(24-13)15(21)19-14-10(17)4-2-5-11(14)20-9-3-8-18-20/h2-9H,1H3,(H,19,21). The molecule has 0 saturated heterocycles. The maximum Gasteiger partial charge on any atom is 0.348 e. The first-order valence-corrected chi connectivity index (χ1v) is 7.70. The Hall–Kier alpha value is -3.00. The number of nitrogens with zero attached hydrogens (tertiary/aromatic N) is 2. The van der Waals surface area contributed by atoms with Gasteiger partial charge < -0.3 is 10.1 Å². The number of benzene rings is 1. The number of carbonyl (C=O) groups excluding carboxylic acids is 2. The zero-order valence-corrected chi connectivity index (χ0v) is 13.3. The number of ether oxygens (including phenoxy) is 1. The molecule has 0 radical (unpaired) electrons. The fourth-order valence-corrected chi connectivity index (χ4v) is 2.90. The second-order valence-electron chi connectivity index (χ2n) is 4.69. The van der Waals surface area contributed by atoms with Gasteiger partial charge in [-0.25, -0.2) is 13.9 Å². The lowest BCUT2D eigenvalue weighted by atomic mass is 10.2. The third-order valence-corrected chi connectivity index (χ3v) is 4.26. The van der Waals surface area contributed by atoms with Crippen molar-refractivity contribution in [3.05, 3.63) is 64.4 Å². The zero-order chi connectivity index (χ0) is 17.1. The fraction of sp³-hybridized carbons (Fsp3) is 0.0625. The molecule has 6 nitrogen and oxygen atoms in total. The third kappa shape index (κ3) is 3.04. The van der Waals surface area contributed by atoms with Crippen LogP contribution in [0.5, 0.6) is 0 Å². The van der Waals surface area contributed by atoms with Gasteiger partial charge in [-0.05, 0) is 30.3 Å². The average Bonchev–Trinajstić information content (AvgIpc) is 3.27. The van der Waals surface area contributed by atoms with Crippen LogP contribution in [0.2, 0.25) is 0 Å². The molecule has 1 amide bonds. The number of hydrogen-bond donors (Lipinski definition) is 1. The molecule has 0 aliphatic heterocycles. The van der Waals surface area contributed by atoms with Gasteiger partial charge >= 0.3 is 5.97 Å². The van der Waals surface area contributed by atoms with E-state index in [-0.39, 0.29) is 10.6 Å². The molecule has 3 rings (SSSR count). The molecule has 1 N–H and O–H groups in total. The number of anilines is 1. The van der Waals surface area contributed by atoms with Gasteiger partial charge in [0, 0.05) is 12.4 Å². The number of thiophene rings is 1. The van der Waals surface area contributed by atoms with Crippen molar-refractivity contribution in [3.63, 3.8) is 0 Å². The van der Waals surface area contributed by atoms with Gasteiger partial charge in [-0.3, -0.25) is 4.79 Å². The predicted molar refractivity (Wildman–Crippen MR) is 87.1 cm³/mol. The van der Waals surface area contributed by atoms with Gasteiger partial charge in [0.05, 0.1) is 17.7 Å². The van der Waals surface area contributed by atoms with E-state index < -0.39 is 17.7 Å². The Morgan fingerprint density at radius 3 is 2.71 bits per heavy atom. The second kappa shape index (κ2) is 6.63. The van der Waals surface area contributed by atoms with Crippen LogP contribution in [0.1, 0.15) is 19.3 Å². The van der Waals surface area contributed by atoms with Gasteiger partial charge in [0.25, 0.3) is 5.91 Å². The van der Waals surface area contributed by atoms with Crippen LogP contribution < -0.4 is 5.32 Å². The molecule has 3 aromatic rings. The number of rotatable bonds is 4. The highest BCUT2D eigenvalue weighted by atomic mass is 32.1. The van der Waals surface area contributed by atoms with E-state index in [1.165, 1.54) is 36.1 Å². The first kappa shape index (κ1) is 15.9. The van der Waals surface area contributed by atoms with Gasteiger partial charge in [-0.2, -0.15) is 5.10 Å². The first-order valence-electron chi connectivity index (χ1n) is 6.88. The zero-order valence-electron chi connectivity index (χ0n) is 12.5. The lowest BCUT2D eigenvalue weighted by Crippen LogP contribution is -2.14. The van der Waals surface area contributed by atoms with Gasteiger partial charge in [-0.15, -0.1) is 11.3 Å². The van der Waals surface area contributed by atoms with Crippen LogP contribution in [0.25, 0.3) is 5.69 Å². The molecule has 0 atom stereocenters. The summed E-state index contributed by atoms with van der Waals surface area (Å²) in [6.07, 6.45) is 3.20. The van der Waals surface area contributed by atoms with Crippen molar-refractivity contribution in [3.8, 4) is 5.69 Å². The van der Waals surface area contributed by atoms with Crippen LogP contribution >= 0.6 is 11.3 Å². The van der Waals surface area contributed by atoms with E-state index in [1.54, 1.807) is 24.5 Å². The summed E-state index contributed by atoms with van der Waals surface area (Å²) in [7, 11) is 1.26. The number of halogens is 1. The van der Waals surface area contributed by atoms with Crippen LogP contribution in [-0.4, -0.2) is 28.8 Å². The molecule has 0 saturated carbocycles. The monoisotopic (exact) mass is 345 g/mol. The topological polar surface area (TPSA) is 73.2 Å². The molecule has 2 aromatic heterocycles. The molecule has 122 valence electrons. The quantitative estimate of drug-likeness (QED) is 0.738. The summed E-state index contributed by atoms with van der Waals surface area (Å²) in [6, 6.07) is 9.08. The fourth-order valence-electron chi connectivity index (χ4n) is 2.08. The molecule has 2 heterocycles. The minimum absolute atomic E-state index is 0.0132. The summed E-state index contributed by atoms with van der Waals surface area (Å²) < 4.78 is 20.2. The molecule has 0 aliphatic rings. The van der Waals surface area contributed by atoms with E-state index in [1.807, 2.05) is 0 Å². The van der Waals surface area contributed by atoms with E-state index in [9.17, 15) is 14.0 Å². The van der Waals surface area contributed by atoms with E-state index in [0.29, 0.717) is 10.6 Å². The number of methoxy groups -OCH3 is 1. The van der Waals surface area contributed by atoms with E-state index in [2.05, 4.69) is 15.2 Å². The summed E-state index contributed by atoms with van der Waals surface area (Å²) in [6.45, 7) is 0. The molecule has 24 heavy (non-hydrogen) atoms. The highest BCUT2D eigenvalue weighted by molar-refractivity contribution is 7.16. The van der Waals surface area contributed by atoms with Crippen molar-refractivity contribution < 1.29 is 18.7 Å². The third-order valence-electron chi connectivity index (χ3n) is 3.20. The van der Waals surface area contributed by atoms with Crippen molar-refractivity contribution in [1.82, 2.24) is 9.78 Å². The smallest absolute Gasteiger partial charge is 0.348 e. The molecule has 0 spiro atoms. The highest BCUT2D eigenvalue weighted by Crippen LogP contribution is 2.25. The first-order chi connectivity index (χ1) is 11.6. The van der Waals surface area contributed by atoms with Crippen LogP contribution in [0.3, 0.4) is 0 Å². The van der Waals surface area contributed by atoms with Crippen LogP contribution in [0.4, 0.5) is 10.1 Å². The number of amides is 1. The van der Waals surface area contributed by atoms with Gasteiger partial charge in [-0.1, -0.05) is 6.07 Å². The molecular formula is C16H12FN3O3S. The van der Waals surface area contributed by atoms with Crippen LogP contribution in [0.15, 0.2) is 48.8 Å². The number of hydrogen-bond acceptors (Lipinski definition) is 5. The van der Waals surface area contributed by atoms with Crippen molar-refractivity contribution in [2.75, 3.05) is 12.4 Å². The molecule has 8 heteroatoms. The van der Waals surface area contributed by atoms with Crippen molar-refractivity contribution in [2.45, 2.75) is 0 Å². The second-order valence-corrected chi connectivity index (χ2v) is 5.78. The number of para-hydroxylation sites is 1. The molecule has 1 aromatic carbocycles. The minimum atomic E-state index is -0.582. The highest BCUT2D eigenvalue weighted by Gasteiger charge is 2.18. The van der Waals surface area contributed by atoms with Crippen molar-refractivity contribution in [2.24, 2.45) is 0 Å². The maximum atomic E-state index is 14.2. The Balaban J connectivity index is 1.90. The Bertz CT molecular complexity index is 890. The molecule has 0 aliphatic carbocycles. The Morgan fingerprint density at radius 1 is 1.21 bits per heavy atom. The van der Waals surface area contributed by atoms with E-state index in [4.69, 9.17) is 0 Å². The SMILES string of the molecule is COC(=O)c1ccc(C(=O)Nc2c(F)cccc2-n2cccn2)s1. The summed E-state index contributed by atoms with van der Waals surface area (Å²) >= 11 is 0.971. The van der Waals surface area contributed by atoms with Crippen LogP contribution in [-0.2, 0) is 4.74 Å². The Labute approximate surface area is 140 Å². The molecule has 0 fully saturated rings. The normalized spacial score (nSPS) is 10.4. The van der Waals surface area contributed by atoms with Crippen molar-refractivity contribution >= 4 is 28.9 Å². The Kier molecular flexibility index (Phi) is 4.39. The summed E-state index contributed by atoms with van der Waals surface area (Å²) in [5.41, 5.74) is 0.414. The Morgan fingerprint density at radius 2 is 2.00 bits per heavy atom.